The van der Waals surface area contributed by atoms with E-state index in [1.807, 2.05) is 11.3 Å². The summed E-state index contributed by atoms with van der Waals surface area (Å²) in [6, 6.07) is 12.7. The standard InChI is InChI=1S/C32H44N2S3Si.B2H2PS/c1-7-11-13-23(9-3)19-38(20-24(10-4)14-12-8-2)27-17-22(6)35-31(27)32-28(38)18-26(36-32)25-16-15-21(5)29-30(25)34-37-33-29;1-2-3-4/h15-18,23-24H,7-14,19-20H2,1-6H3;1-2H/i;1T,2T. The smallest absolute Gasteiger partial charge is 0.155 e. The first-order chi connectivity index (χ1) is 21.3. The van der Waals surface area contributed by atoms with Crippen molar-refractivity contribution in [3.63, 3.8) is 0 Å². The fourth-order valence-electron chi connectivity index (χ4n) is 6.82. The van der Waals surface area contributed by atoms with Crippen LogP contribution in [-0.2, 0) is 11.8 Å². The number of nitrogens with zero attached hydrogens (tertiary/aromatic N) is 2. The molecular formula is C32H46B2N2PS4Si. The minimum atomic E-state index is -1.91. The van der Waals surface area contributed by atoms with Crippen LogP contribution in [0, 0.1) is 25.7 Å². The number of fused-ring (bicyclic) bond motifs is 4. The predicted molar refractivity (Wildman–Crippen MR) is 203 cm³/mol. The van der Waals surface area contributed by atoms with Crippen LogP contribution in [0.2, 0.25) is 12.1 Å². The van der Waals surface area contributed by atoms with Gasteiger partial charge in [-0.1, -0.05) is 110 Å². The number of rotatable bonds is 15. The number of hydrogen-bond acceptors (Lipinski definition) is 6. The van der Waals surface area contributed by atoms with E-state index in [4.69, 9.17) is 7.04 Å². The van der Waals surface area contributed by atoms with Crippen LogP contribution in [0.4, 0.5) is 0 Å². The van der Waals surface area contributed by atoms with Crippen molar-refractivity contribution in [2.45, 2.75) is 105 Å². The van der Waals surface area contributed by atoms with Crippen molar-refractivity contribution in [1.29, 1.82) is 2.67 Å². The molecule has 4 heterocycles. The molecule has 223 valence electrons. The fourth-order valence-corrected chi connectivity index (χ4v) is 17.8. The Morgan fingerprint density at radius 1 is 0.952 bits per heavy atom. The number of aromatic nitrogens is 2. The van der Waals surface area contributed by atoms with Crippen LogP contribution < -0.4 is 10.4 Å². The van der Waals surface area contributed by atoms with E-state index in [1.54, 1.807) is 20.1 Å². The van der Waals surface area contributed by atoms with Crippen LogP contribution in [0.15, 0.2) is 24.3 Å². The second-order valence-corrected chi connectivity index (χ2v) is 20.0. The van der Waals surface area contributed by atoms with Gasteiger partial charge in [-0.25, -0.2) is 0 Å². The maximum atomic E-state index is 6.71. The molecule has 10 heteroatoms. The first kappa shape index (κ1) is 31.3. The third-order valence-corrected chi connectivity index (χ3v) is 18.3. The van der Waals surface area contributed by atoms with E-state index in [0.29, 0.717) is 7.23 Å². The molecule has 0 bridgehead atoms. The molecule has 0 amide bonds. The normalized spacial score (nSPS) is 17.7. The molecule has 0 fully saturated rings. The molecule has 5 rings (SSSR count). The maximum absolute atomic E-state index is 6.71. The number of thiophene rings is 2. The first-order valence-electron chi connectivity index (χ1n) is 16.9. The minimum Gasteiger partial charge on any atom is -0.173 e. The van der Waals surface area contributed by atoms with Crippen LogP contribution >= 0.6 is 41.6 Å². The quantitative estimate of drug-likeness (QED) is 0.0930. The van der Waals surface area contributed by atoms with E-state index in [9.17, 15) is 0 Å². The molecule has 4 aromatic rings. The van der Waals surface area contributed by atoms with Gasteiger partial charge >= 0.3 is 0 Å². The lowest BCUT2D eigenvalue weighted by Gasteiger charge is -2.35. The fraction of sp³-hybridized carbons (Fsp3) is 0.562. The highest BCUT2D eigenvalue weighted by molar-refractivity contribution is 8.11. The van der Waals surface area contributed by atoms with Gasteiger partial charge in [0.2, 0.25) is 0 Å². The van der Waals surface area contributed by atoms with Gasteiger partial charge in [-0.3, -0.25) is 0 Å². The zero-order valence-corrected chi connectivity index (χ0v) is 31.3. The molecule has 1 aromatic carbocycles. The van der Waals surface area contributed by atoms with Crippen LogP contribution in [0.3, 0.4) is 0 Å². The molecule has 0 N–H and O–H groups in total. The SMILES string of the molecule is CCCCC(CC)C[Si]1(CC(CC)CCCC)c2cc(C)sc2-c2sc(-c3ccc(C)c4nsnc34)cc21.[3H][B]B([3H])P=S. The van der Waals surface area contributed by atoms with Gasteiger partial charge in [0.15, 0.2) is 6.85 Å². The van der Waals surface area contributed by atoms with E-state index >= 15 is 0 Å². The predicted octanol–water partition coefficient (Wildman–Crippen LogP) is 9.64. The molecule has 1 aliphatic heterocycles. The zero-order chi connectivity index (χ0) is 31.9. The Labute approximate surface area is 279 Å². The Bertz CT molecular complexity index is 1510. The summed E-state index contributed by atoms with van der Waals surface area (Å²) < 4.78 is 22.5. The Hall–Kier alpha value is -0.693. The van der Waals surface area contributed by atoms with Crippen molar-refractivity contribution >= 4 is 97.5 Å². The second-order valence-electron chi connectivity index (χ2n) is 11.9. The van der Waals surface area contributed by atoms with E-state index in [2.05, 4.69) is 93.3 Å². The van der Waals surface area contributed by atoms with Gasteiger partial charge in [0.05, 0.1) is 19.4 Å². The third kappa shape index (κ3) is 7.23. The van der Waals surface area contributed by atoms with E-state index in [1.165, 1.54) is 96.1 Å². The largest absolute Gasteiger partial charge is 0.173 e. The number of unbranched alkanes of at least 4 members (excludes halogenated alkanes) is 2. The van der Waals surface area contributed by atoms with Crippen molar-refractivity contribution in [3.05, 3.63) is 34.7 Å². The number of benzene rings is 1. The lowest BCUT2D eigenvalue weighted by atomic mass is 9.79. The highest BCUT2D eigenvalue weighted by Crippen LogP contribution is 2.47. The van der Waals surface area contributed by atoms with Gasteiger partial charge < -0.3 is 0 Å². The molecular weight excluding hydrogens is 621 g/mol. The molecule has 0 spiro atoms. The Kier molecular flexibility index (Phi) is 12.0. The molecule has 2 nitrogen and oxygen atoms in total. The average Bonchev–Trinajstić information content (AvgIpc) is 3.82. The summed E-state index contributed by atoms with van der Waals surface area (Å²) in [5.74, 6) is 1.67. The van der Waals surface area contributed by atoms with Crippen molar-refractivity contribution in [3.8, 4) is 20.2 Å². The first-order valence-corrected chi connectivity index (χ1v) is 22.5. The zero-order valence-electron chi connectivity index (χ0n) is 28.2. The van der Waals surface area contributed by atoms with Gasteiger partial charge in [-0.2, -0.15) is 8.75 Å². The molecule has 1 aliphatic rings. The Morgan fingerprint density at radius 2 is 1.57 bits per heavy atom. The third-order valence-electron chi connectivity index (χ3n) is 9.13. The van der Waals surface area contributed by atoms with Gasteiger partial charge in [0.25, 0.3) is 0 Å². The van der Waals surface area contributed by atoms with Crippen molar-refractivity contribution in [2.75, 3.05) is 0 Å². The molecule has 0 aliphatic carbocycles. The molecule has 0 saturated carbocycles. The molecule has 2 atom stereocenters. The van der Waals surface area contributed by atoms with E-state index < -0.39 is 14.9 Å². The highest BCUT2D eigenvalue weighted by atomic mass is 32.4. The topological polar surface area (TPSA) is 25.8 Å². The summed E-state index contributed by atoms with van der Waals surface area (Å²) in [6.07, 6.45) is 10.8. The average molecular weight is 672 g/mol. The Morgan fingerprint density at radius 3 is 2.14 bits per heavy atom. The van der Waals surface area contributed by atoms with Gasteiger partial charge in [-0.15, -0.1) is 22.7 Å². The number of hydrogen-bond donors (Lipinski definition) is 0. The lowest BCUT2D eigenvalue weighted by Crippen LogP contribution is -2.56. The van der Waals surface area contributed by atoms with Crippen LogP contribution in [0.1, 0.15) is 89.5 Å². The molecule has 0 saturated heterocycles. The molecule has 3 aromatic heterocycles. The van der Waals surface area contributed by atoms with Crippen LogP contribution in [0.5, 0.6) is 0 Å². The van der Waals surface area contributed by atoms with Crippen LogP contribution in [0.25, 0.3) is 31.2 Å². The summed E-state index contributed by atoms with van der Waals surface area (Å²) >= 11 is 9.87. The summed E-state index contributed by atoms with van der Waals surface area (Å²) in [5, 5.41) is 3.56. The van der Waals surface area contributed by atoms with Crippen molar-refractivity contribution in [2.24, 2.45) is 11.8 Å². The van der Waals surface area contributed by atoms with Crippen LogP contribution in [-0.4, -0.2) is 34.0 Å². The van der Waals surface area contributed by atoms with Gasteiger partial charge in [-0.05, 0) is 68.5 Å². The minimum absolute atomic E-state index is 0.486. The summed E-state index contributed by atoms with van der Waals surface area (Å²) in [4.78, 5) is 6.13. The van der Waals surface area contributed by atoms with Crippen molar-refractivity contribution < 1.29 is 0 Å². The summed E-state index contributed by atoms with van der Waals surface area (Å²) in [7, 11) is -0.350. The summed E-state index contributed by atoms with van der Waals surface area (Å²) in [6.45, 7) is 13.6. The highest BCUT2D eigenvalue weighted by Gasteiger charge is 2.49. The monoisotopic (exact) mass is 671 g/mol. The van der Waals surface area contributed by atoms with E-state index in [0.717, 1.165) is 30.6 Å². The Balaban J connectivity index is 0.000000670. The number of aryl methyl sites for hydroxylation is 2. The van der Waals surface area contributed by atoms with Gasteiger partial charge in [0, 0.05) is 25.1 Å². The second kappa shape index (κ2) is 16.0. The molecule has 42 heavy (non-hydrogen) atoms. The van der Waals surface area contributed by atoms with E-state index in [-0.39, 0.29) is 0 Å². The molecule has 1 radical (unpaired) electrons. The summed E-state index contributed by atoms with van der Waals surface area (Å²) in [5.41, 5.74) is 4.68. The maximum Gasteiger partial charge on any atom is 0.155 e. The lowest BCUT2D eigenvalue weighted by molar-refractivity contribution is 0.469. The van der Waals surface area contributed by atoms with Gasteiger partial charge in [0.1, 0.15) is 19.1 Å². The molecule has 2 unspecified atom stereocenters. The van der Waals surface area contributed by atoms with Crippen molar-refractivity contribution in [1.82, 2.24) is 8.75 Å².